The third-order valence-corrected chi connectivity index (χ3v) is 3.23. The molecule has 0 aliphatic heterocycles. The molecule has 0 saturated heterocycles. The van der Waals surface area contributed by atoms with Crippen molar-refractivity contribution in [1.82, 2.24) is 10.2 Å². The first-order valence-electron chi connectivity index (χ1n) is 6.56. The van der Waals surface area contributed by atoms with Gasteiger partial charge in [-0.15, -0.1) is 0 Å². The molecule has 0 heterocycles. The molecule has 1 amide bonds. The predicted molar refractivity (Wildman–Crippen MR) is 77.6 cm³/mol. The Balaban J connectivity index is 2.56. The van der Waals surface area contributed by atoms with Gasteiger partial charge in [0.25, 0.3) is 0 Å². The van der Waals surface area contributed by atoms with Crippen molar-refractivity contribution >= 4 is 11.9 Å². The predicted octanol–water partition coefficient (Wildman–Crippen LogP) is 1.50. The molecule has 0 radical (unpaired) electrons. The lowest BCUT2D eigenvalue weighted by Crippen LogP contribution is -2.38. The van der Waals surface area contributed by atoms with Gasteiger partial charge in [0.15, 0.2) is 0 Å². The number of nitrogens with one attached hydrogen (secondary N) is 1. The SMILES string of the molecule is Cc1ccc(C(C)NC(=O)CN(C)CC(=O)O)cc1C. The van der Waals surface area contributed by atoms with E-state index < -0.39 is 5.97 Å². The Morgan fingerprint density at radius 1 is 1.25 bits per heavy atom. The lowest BCUT2D eigenvalue weighted by atomic mass is 10.0. The first-order chi connectivity index (χ1) is 9.29. The van der Waals surface area contributed by atoms with Gasteiger partial charge in [-0.25, -0.2) is 0 Å². The largest absolute Gasteiger partial charge is 0.480 e. The van der Waals surface area contributed by atoms with Crippen LogP contribution in [0.2, 0.25) is 0 Å². The van der Waals surface area contributed by atoms with Crippen molar-refractivity contribution in [3.63, 3.8) is 0 Å². The van der Waals surface area contributed by atoms with Crippen LogP contribution in [0.15, 0.2) is 18.2 Å². The molecule has 110 valence electrons. The van der Waals surface area contributed by atoms with E-state index in [0.717, 1.165) is 5.56 Å². The van der Waals surface area contributed by atoms with Crippen molar-refractivity contribution in [2.24, 2.45) is 0 Å². The third kappa shape index (κ3) is 5.01. The molecule has 1 rings (SSSR count). The molecule has 0 aromatic heterocycles. The number of hydrogen-bond acceptors (Lipinski definition) is 3. The molecule has 0 aliphatic carbocycles. The Kier molecular flexibility index (Phi) is 5.70. The van der Waals surface area contributed by atoms with Gasteiger partial charge in [0.1, 0.15) is 0 Å². The van der Waals surface area contributed by atoms with Gasteiger partial charge in [-0.3, -0.25) is 14.5 Å². The summed E-state index contributed by atoms with van der Waals surface area (Å²) in [4.78, 5) is 23.8. The molecule has 1 aromatic carbocycles. The quantitative estimate of drug-likeness (QED) is 0.827. The fourth-order valence-electron chi connectivity index (χ4n) is 1.94. The molecular weight excluding hydrogens is 256 g/mol. The summed E-state index contributed by atoms with van der Waals surface area (Å²) in [7, 11) is 1.61. The van der Waals surface area contributed by atoms with Gasteiger partial charge < -0.3 is 10.4 Å². The van der Waals surface area contributed by atoms with Crippen LogP contribution in [0.1, 0.15) is 29.7 Å². The van der Waals surface area contributed by atoms with E-state index in [1.54, 1.807) is 7.05 Å². The standard InChI is InChI=1S/C15H22N2O3/c1-10-5-6-13(7-11(10)2)12(3)16-14(18)8-17(4)9-15(19)20/h5-7,12H,8-9H2,1-4H3,(H,16,18)(H,19,20). The van der Waals surface area contributed by atoms with Gasteiger partial charge in [-0.1, -0.05) is 18.2 Å². The van der Waals surface area contributed by atoms with Crippen molar-refractivity contribution in [3.05, 3.63) is 34.9 Å². The zero-order valence-electron chi connectivity index (χ0n) is 12.4. The van der Waals surface area contributed by atoms with Crippen molar-refractivity contribution < 1.29 is 14.7 Å². The molecule has 1 unspecified atom stereocenters. The van der Waals surface area contributed by atoms with Crippen LogP contribution in [-0.2, 0) is 9.59 Å². The summed E-state index contributed by atoms with van der Waals surface area (Å²) < 4.78 is 0. The van der Waals surface area contributed by atoms with E-state index in [1.807, 2.05) is 32.9 Å². The maximum Gasteiger partial charge on any atom is 0.317 e. The van der Waals surface area contributed by atoms with Crippen LogP contribution < -0.4 is 5.32 Å². The number of carbonyl (C=O) groups is 2. The number of likely N-dealkylation sites (N-methyl/N-ethyl adjacent to an activating group) is 1. The number of hydrogen-bond donors (Lipinski definition) is 2. The molecule has 5 heteroatoms. The van der Waals surface area contributed by atoms with Gasteiger partial charge in [-0.05, 0) is 44.5 Å². The fraction of sp³-hybridized carbons (Fsp3) is 0.467. The van der Waals surface area contributed by atoms with Gasteiger partial charge in [0, 0.05) is 0 Å². The monoisotopic (exact) mass is 278 g/mol. The minimum Gasteiger partial charge on any atom is -0.480 e. The second kappa shape index (κ2) is 7.05. The molecule has 0 aliphatic rings. The number of amides is 1. The summed E-state index contributed by atoms with van der Waals surface area (Å²) >= 11 is 0. The topological polar surface area (TPSA) is 69.6 Å². The highest BCUT2D eigenvalue weighted by molar-refractivity contribution is 5.79. The van der Waals surface area contributed by atoms with Gasteiger partial charge in [0.05, 0.1) is 19.1 Å². The van der Waals surface area contributed by atoms with Gasteiger partial charge in [-0.2, -0.15) is 0 Å². The lowest BCUT2D eigenvalue weighted by molar-refractivity contribution is -0.138. The number of rotatable bonds is 6. The number of carboxylic acid groups (broad SMARTS) is 1. The number of nitrogens with zero attached hydrogens (tertiary/aromatic N) is 1. The Labute approximate surface area is 119 Å². The molecule has 2 N–H and O–H groups in total. The highest BCUT2D eigenvalue weighted by Crippen LogP contribution is 2.16. The summed E-state index contributed by atoms with van der Waals surface area (Å²) in [5, 5.41) is 11.5. The average Bonchev–Trinajstić information content (AvgIpc) is 2.30. The first kappa shape index (κ1) is 16.2. The summed E-state index contributed by atoms with van der Waals surface area (Å²) in [6, 6.07) is 5.99. The van der Waals surface area contributed by atoms with Crippen molar-refractivity contribution in [2.45, 2.75) is 26.8 Å². The van der Waals surface area contributed by atoms with Crippen LogP contribution in [0.25, 0.3) is 0 Å². The molecule has 1 atom stereocenters. The summed E-state index contributed by atoms with van der Waals surface area (Å²) in [6.45, 7) is 5.92. The third-order valence-electron chi connectivity index (χ3n) is 3.23. The molecule has 0 fully saturated rings. The highest BCUT2D eigenvalue weighted by atomic mass is 16.4. The number of benzene rings is 1. The molecule has 20 heavy (non-hydrogen) atoms. The lowest BCUT2D eigenvalue weighted by Gasteiger charge is -2.18. The van der Waals surface area contributed by atoms with Gasteiger partial charge >= 0.3 is 5.97 Å². The van der Waals surface area contributed by atoms with Gasteiger partial charge in [0.2, 0.25) is 5.91 Å². The second-order valence-electron chi connectivity index (χ2n) is 5.20. The van der Waals surface area contributed by atoms with Crippen LogP contribution in [0.5, 0.6) is 0 Å². The zero-order chi connectivity index (χ0) is 15.3. The maximum atomic E-state index is 11.8. The van der Waals surface area contributed by atoms with E-state index in [9.17, 15) is 9.59 Å². The normalized spacial score (nSPS) is 12.2. The first-order valence-corrected chi connectivity index (χ1v) is 6.56. The van der Waals surface area contributed by atoms with E-state index >= 15 is 0 Å². The van der Waals surface area contributed by atoms with E-state index in [-0.39, 0.29) is 25.0 Å². The average molecular weight is 278 g/mol. The second-order valence-corrected chi connectivity index (χ2v) is 5.20. The number of carboxylic acids is 1. The molecule has 0 bridgehead atoms. The van der Waals surface area contributed by atoms with E-state index in [4.69, 9.17) is 5.11 Å². The van der Waals surface area contributed by atoms with E-state index in [2.05, 4.69) is 11.4 Å². The summed E-state index contributed by atoms with van der Waals surface area (Å²) in [5.74, 6) is -1.12. The minimum atomic E-state index is -0.942. The Morgan fingerprint density at radius 2 is 1.90 bits per heavy atom. The number of aliphatic carboxylic acids is 1. The number of carbonyl (C=O) groups excluding carboxylic acids is 1. The minimum absolute atomic E-state index is 0.0709. The fourth-order valence-corrected chi connectivity index (χ4v) is 1.94. The molecular formula is C15H22N2O3. The highest BCUT2D eigenvalue weighted by Gasteiger charge is 2.13. The smallest absolute Gasteiger partial charge is 0.317 e. The van der Waals surface area contributed by atoms with Crippen molar-refractivity contribution in [1.29, 1.82) is 0 Å². The Bertz CT molecular complexity index is 500. The maximum absolute atomic E-state index is 11.8. The molecule has 5 nitrogen and oxygen atoms in total. The number of aryl methyl sites for hydroxylation is 2. The zero-order valence-corrected chi connectivity index (χ0v) is 12.4. The van der Waals surface area contributed by atoms with Crippen LogP contribution in [0.4, 0.5) is 0 Å². The van der Waals surface area contributed by atoms with E-state index in [1.165, 1.54) is 16.0 Å². The van der Waals surface area contributed by atoms with Crippen LogP contribution in [0.3, 0.4) is 0 Å². The molecule has 0 saturated carbocycles. The Hall–Kier alpha value is -1.88. The van der Waals surface area contributed by atoms with Crippen LogP contribution in [0, 0.1) is 13.8 Å². The van der Waals surface area contributed by atoms with Crippen molar-refractivity contribution in [2.75, 3.05) is 20.1 Å². The molecule has 1 aromatic rings. The summed E-state index contributed by atoms with van der Waals surface area (Å²) in [5.41, 5.74) is 3.45. The Morgan fingerprint density at radius 3 is 2.45 bits per heavy atom. The summed E-state index contributed by atoms with van der Waals surface area (Å²) in [6.07, 6.45) is 0. The van der Waals surface area contributed by atoms with E-state index in [0.29, 0.717) is 0 Å². The van der Waals surface area contributed by atoms with Crippen LogP contribution in [-0.4, -0.2) is 42.0 Å². The molecule has 0 spiro atoms. The van der Waals surface area contributed by atoms with Crippen LogP contribution >= 0.6 is 0 Å². The van der Waals surface area contributed by atoms with Crippen molar-refractivity contribution in [3.8, 4) is 0 Å².